The molecule has 2 rings (SSSR count). The zero-order valence-corrected chi connectivity index (χ0v) is 17.0. The summed E-state index contributed by atoms with van der Waals surface area (Å²) in [6.07, 6.45) is 11.5. The zero-order valence-electron chi connectivity index (χ0n) is 16.1. The summed E-state index contributed by atoms with van der Waals surface area (Å²) in [4.78, 5) is 12.6. The van der Waals surface area contributed by atoms with Crippen molar-refractivity contribution in [1.29, 1.82) is 0 Å². The molecule has 1 unspecified atom stereocenters. The van der Waals surface area contributed by atoms with Crippen molar-refractivity contribution in [3.05, 3.63) is 72.9 Å². The van der Waals surface area contributed by atoms with E-state index in [0.717, 1.165) is 50.8 Å². The van der Waals surface area contributed by atoms with Gasteiger partial charge in [0.2, 0.25) is 0 Å². The van der Waals surface area contributed by atoms with Crippen LogP contribution < -0.4 is 0 Å². The Labute approximate surface area is 168 Å². The Kier molecular flexibility index (Phi) is 10.0. The molecule has 0 saturated carbocycles. The van der Waals surface area contributed by atoms with Crippen molar-refractivity contribution in [2.75, 3.05) is 13.2 Å². The Bertz CT molecular complexity index is 627. The highest BCUT2D eigenvalue weighted by Crippen LogP contribution is 2.27. The molecule has 0 radical (unpaired) electrons. The second kappa shape index (κ2) is 12.6. The molecule has 1 atom stereocenters. The smallest absolute Gasteiger partial charge is 0.324 e. The minimum atomic E-state index is -0.114. The normalized spacial score (nSPS) is 18.1. The van der Waals surface area contributed by atoms with E-state index in [-0.39, 0.29) is 12.0 Å². The maximum Gasteiger partial charge on any atom is 0.324 e. The molecule has 1 fully saturated rings. The monoisotopic (exact) mass is 385 g/mol. The summed E-state index contributed by atoms with van der Waals surface area (Å²) in [6, 6.07) is 10.3. The van der Waals surface area contributed by atoms with Crippen molar-refractivity contribution >= 4 is 17.9 Å². The van der Waals surface area contributed by atoms with Crippen LogP contribution in [0.4, 0.5) is 0 Å². The molecule has 1 aliphatic heterocycles. The van der Waals surface area contributed by atoms with Crippen molar-refractivity contribution in [3.8, 4) is 0 Å². The van der Waals surface area contributed by atoms with E-state index in [9.17, 15) is 4.79 Å². The van der Waals surface area contributed by atoms with E-state index >= 15 is 0 Å². The number of nitrogens with zero attached hydrogens (tertiary/aromatic N) is 1. The number of hydrogen-bond acceptors (Lipinski definition) is 4. The van der Waals surface area contributed by atoms with Gasteiger partial charge in [-0.2, -0.15) is 0 Å². The lowest BCUT2D eigenvalue weighted by atomic mass is 10.1. The van der Waals surface area contributed by atoms with E-state index in [2.05, 4.69) is 41.7 Å². The number of piperidine rings is 1. The van der Waals surface area contributed by atoms with E-state index in [1.165, 1.54) is 11.1 Å². The maximum absolute atomic E-state index is 12.6. The standard InChI is InChI=1S/C23H31NO2S/c1-3-12-20(4-2)13-9-11-18-26-23(25)22-16-8-10-17-24(22)27-19-21-14-6-5-7-15-21/h3-7,12,14-15,22H,1-2,8-11,13,16-19H2/b20-12+. The SMILES string of the molecule is C=C/C=C(\C=C)CCCCOC(=O)C1CCCCN1SCc1ccccc1. The lowest BCUT2D eigenvalue weighted by Crippen LogP contribution is -2.41. The van der Waals surface area contributed by atoms with Gasteiger partial charge in [0.1, 0.15) is 6.04 Å². The van der Waals surface area contributed by atoms with Gasteiger partial charge in [0.05, 0.1) is 6.61 Å². The van der Waals surface area contributed by atoms with Crippen molar-refractivity contribution in [2.45, 2.75) is 50.3 Å². The average molecular weight is 386 g/mol. The summed E-state index contributed by atoms with van der Waals surface area (Å²) in [5.74, 6) is 0.825. The van der Waals surface area contributed by atoms with E-state index in [0.29, 0.717) is 6.61 Å². The van der Waals surface area contributed by atoms with E-state index in [1.54, 1.807) is 18.0 Å². The van der Waals surface area contributed by atoms with Crippen LogP contribution in [0.1, 0.15) is 44.1 Å². The number of hydrogen-bond donors (Lipinski definition) is 0. The van der Waals surface area contributed by atoms with Crippen LogP contribution >= 0.6 is 11.9 Å². The molecule has 0 aliphatic carbocycles. The first-order valence-corrected chi connectivity index (χ1v) is 10.7. The Morgan fingerprint density at radius 2 is 2.04 bits per heavy atom. The van der Waals surface area contributed by atoms with Crippen LogP contribution in [0.15, 0.2) is 67.3 Å². The first kappa shape index (κ1) is 21.5. The lowest BCUT2D eigenvalue weighted by molar-refractivity contribution is -0.149. The minimum Gasteiger partial charge on any atom is -0.464 e. The van der Waals surface area contributed by atoms with Gasteiger partial charge in [-0.05, 0) is 49.7 Å². The number of carbonyl (C=O) groups is 1. The third-order valence-electron chi connectivity index (χ3n) is 4.66. The molecule has 0 amide bonds. The van der Waals surface area contributed by atoms with Crippen LogP contribution in [0.25, 0.3) is 0 Å². The molecule has 146 valence electrons. The number of benzene rings is 1. The summed E-state index contributed by atoms with van der Waals surface area (Å²) in [6.45, 7) is 8.96. The summed E-state index contributed by atoms with van der Waals surface area (Å²) < 4.78 is 7.80. The Hall–Kier alpha value is -1.78. The predicted octanol–water partition coefficient (Wildman–Crippen LogP) is 5.70. The molecule has 3 nitrogen and oxygen atoms in total. The van der Waals surface area contributed by atoms with Crippen LogP contribution in [0.5, 0.6) is 0 Å². The van der Waals surface area contributed by atoms with Gasteiger partial charge < -0.3 is 4.74 Å². The molecule has 27 heavy (non-hydrogen) atoms. The Balaban J connectivity index is 1.73. The second-order valence-electron chi connectivity index (χ2n) is 6.72. The molecule has 1 aliphatic rings. The molecule has 0 N–H and O–H groups in total. The largest absolute Gasteiger partial charge is 0.464 e. The second-order valence-corrected chi connectivity index (χ2v) is 7.73. The lowest BCUT2D eigenvalue weighted by Gasteiger charge is -2.32. The average Bonchev–Trinajstić information content (AvgIpc) is 2.72. The number of ether oxygens (including phenoxy) is 1. The molecule has 1 aromatic carbocycles. The zero-order chi connectivity index (χ0) is 19.3. The van der Waals surface area contributed by atoms with Crippen molar-refractivity contribution in [3.63, 3.8) is 0 Å². The van der Waals surface area contributed by atoms with Crippen LogP contribution in [-0.2, 0) is 15.3 Å². The van der Waals surface area contributed by atoms with E-state index in [1.807, 2.05) is 18.2 Å². The van der Waals surface area contributed by atoms with Crippen molar-refractivity contribution < 1.29 is 9.53 Å². The molecule has 1 saturated heterocycles. The van der Waals surface area contributed by atoms with E-state index < -0.39 is 0 Å². The molecular weight excluding hydrogens is 354 g/mol. The van der Waals surface area contributed by atoms with Gasteiger partial charge in [-0.15, -0.1) is 0 Å². The number of unbranched alkanes of at least 4 members (excludes halogenated alkanes) is 1. The Morgan fingerprint density at radius 1 is 1.22 bits per heavy atom. The number of esters is 1. The Morgan fingerprint density at radius 3 is 2.78 bits per heavy atom. The third kappa shape index (κ3) is 7.77. The highest BCUT2D eigenvalue weighted by molar-refractivity contribution is 7.96. The fourth-order valence-corrected chi connectivity index (χ4v) is 4.27. The van der Waals surface area contributed by atoms with Gasteiger partial charge in [-0.25, -0.2) is 4.31 Å². The first-order valence-electron chi connectivity index (χ1n) is 9.78. The van der Waals surface area contributed by atoms with Gasteiger partial charge in [0.25, 0.3) is 0 Å². The van der Waals surface area contributed by atoms with Gasteiger partial charge in [-0.1, -0.05) is 73.7 Å². The van der Waals surface area contributed by atoms with Crippen LogP contribution in [-0.4, -0.2) is 29.5 Å². The van der Waals surface area contributed by atoms with Gasteiger partial charge in [0, 0.05) is 12.3 Å². The molecule has 0 bridgehead atoms. The molecular formula is C23H31NO2S. The summed E-state index contributed by atoms with van der Waals surface area (Å²) in [7, 11) is 0. The van der Waals surface area contributed by atoms with Crippen LogP contribution in [0.2, 0.25) is 0 Å². The van der Waals surface area contributed by atoms with Crippen molar-refractivity contribution in [2.24, 2.45) is 0 Å². The fourth-order valence-electron chi connectivity index (χ4n) is 3.13. The minimum absolute atomic E-state index is 0.0687. The van der Waals surface area contributed by atoms with Crippen LogP contribution in [0, 0.1) is 0 Å². The highest BCUT2D eigenvalue weighted by atomic mass is 32.2. The van der Waals surface area contributed by atoms with Gasteiger partial charge >= 0.3 is 5.97 Å². The predicted molar refractivity (Wildman–Crippen MR) is 115 cm³/mol. The van der Waals surface area contributed by atoms with Crippen molar-refractivity contribution in [1.82, 2.24) is 4.31 Å². The van der Waals surface area contributed by atoms with Crippen LogP contribution in [0.3, 0.4) is 0 Å². The van der Waals surface area contributed by atoms with E-state index in [4.69, 9.17) is 4.74 Å². The third-order valence-corrected chi connectivity index (χ3v) is 5.89. The summed E-state index contributed by atoms with van der Waals surface area (Å²) in [5, 5.41) is 0. The maximum atomic E-state index is 12.6. The van der Waals surface area contributed by atoms with Gasteiger partial charge in [0.15, 0.2) is 0 Å². The number of rotatable bonds is 11. The quantitative estimate of drug-likeness (QED) is 0.211. The fraction of sp³-hybridized carbons (Fsp3) is 0.435. The molecule has 1 aromatic rings. The molecule has 0 aromatic heterocycles. The van der Waals surface area contributed by atoms with Gasteiger partial charge in [-0.3, -0.25) is 4.79 Å². The molecule has 0 spiro atoms. The topological polar surface area (TPSA) is 29.5 Å². The first-order chi connectivity index (χ1) is 13.2. The molecule has 1 heterocycles. The summed E-state index contributed by atoms with van der Waals surface area (Å²) >= 11 is 1.75. The number of allylic oxidation sites excluding steroid dienone is 4. The highest BCUT2D eigenvalue weighted by Gasteiger charge is 2.30. The molecule has 4 heteroatoms. The number of carbonyl (C=O) groups excluding carboxylic acids is 1. The summed E-state index contributed by atoms with van der Waals surface area (Å²) in [5.41, 5.74) is 2.46.